The van der Waals surface area contributed by atoms with Gasteiger partial charge in [-0.2, -0.15) is 0 Å². The number of phosphoric acid groups is 1. The zero-order chi connectivity index (χ0) is 54.9. The summed E-state index contributed by atoms with van der Waals surface area (Å²) in [5.74, 6) is -0.769. The van der Waals surface area contributed by atoms with Gasteiger partial charge in [0.05, 0.1) is 27.7 Å². The van der Waals surface area contributed by atoms with Gasteiger partial charge in [0.1, 0.15) is 19.8 Å². The van der Waals surface area contributed by atoms with Crippen molar-refractivity contribution in [1.29, 1.82) is 0 Å². The summed E-state index contributed by atoms with van der Waals surface area (Å²) in [7, 11) is 1.51. The number of phosphoric ester groups is 1. The Morgan fingerprint density at radius 1 is 0.360 bits per heavy atom. The first-order valence-electron chi connectivity index (χ1n) is 33.3. The van der Waals surface area contributed by atoms with E-state index in [1.807, 2.05) is 21.1 Å². The molecule has 2 atom stereocenters. The van der Waals surface area contributed by atoms with Crippen molar-refractivity contribution in [3.8, 4) is 0 Å². The summed E-state index contributed by atoms with van der Waals surface area (Å²) in [5, 5.41) is 0. The van der Waals surface area contributed by atoms with Crippen LogP contribution in [0.25, 0.3) is 0 Å². The molecular formula is C65H131NO8P+. The summed E-state index contributed by atoms with van der Waals surface area (Å²) in [6.07, 6.45) is 67.7. The van der Waals surface area contributed by atoms with Crippen molar-refractivity contribution in [2.75, 3.05) is 47.5 Å². The van der Waals surface area contributed by atoms with E-state index in [1.165, 1.54) is 289 Å². The van der Waals surface area contributed by atoms with Gasteiger partial charge in [0.25, 0.3) is 0 Å². The molecule has 0 rings (SSSR count). The van der Waals surface area contributed by atoms with Gasteiger partial charge in [0.2, 0.25) is 0 Å². The molecule has 0 saturated carbocycles. The van der Waals surface area contributed by atoms with Crippen molar-refractivity contribution in [1.82, 2.24) is 0 Å². The molecule has 2 unspecified atom stereocenters. The molecule has 0 aliphatic carbocycles. The number of likely N-dealkylation sites (N-methyl/N-ethyl adjacent to an activating group) is 1. The summed E-state index contributed by atoms with van der Waals surface area (Å²) in [6, 6.07) is 0. The Bertz CT molecular complexity index is 1230. The summed E-state index contributed by atoms with van der Waals surface area (Å²) < 4.78 is 34.7. The summed E-state index contributed by atoms with van der Waals surface area (Å²) in [6.45, 7) is 4.53. The van der Waals surface area contributed by atoms with Gasteiger partial charge in [-0.1, -0.05) is 328 Å². The van der Waals surface area contributed by atoms with Crippen molar-refractivity contribution in [3.05, 3.63) is 0 Å². The zero-order valence-corrected chi connectivity index (χ0v) is 52.0. The highest BCUT2D eigenvalue weighted by molar-refractivity contribution is 7.47. The minimum atomic E-state index is -4.38. The first-order chi connectivity index (χ1) is 36.5. The Hall–Kier alpha value is -0.990. The maximum atomic E-state index is 12.9. The van der Waals surface area contributed by atoms with E-state index in [0.717, 1.165) is 38.5 Å². The Balaban J connectivity index is 4.01. The topological polar surface area (TPSA) is 108 Å². The van der Waals surface area contributed by atoms with Gasteiger partial charge in [-0.25, -0.2) is 4.57 Å². The average molecular weight is 1090 g/mol. The largest absolute Gasteiger partial charge is 0.472 e. The minimum Gasteiger partial charge on any atom is -0.462 e. The fraction of sp³-hybridized carbons (Fsp3) is 0.969. The van der Waals surface area contributed by atoms with E-state index in [0.29, 0.717) is 17.4 Å². The molecule has 0 aliphatic heterocycles. The summed E-state index contributed by atoms with van der Waals surface area (Å²) in [5.41, 5.74) is 0. The molecule has 9 nitrogen and oxygen atoms in total. The van der Waals surface area contributed by atoms with Crippen molar-refractivity contribution in [3.63, 3.8) is 0 Å². The van der Waals surface area contributed by atoms with E-state index in [9.17, 15) is 19.0 Å². The molecule has 10 heteroatoms. The normalized spacial score (nSPS) is 13.1. The molecule has 0 radical (unpaired) electrons. The Labute approximate surface area is 467 Å². The van der Waals surface area contributed by atoms with Crippen molar-refractivity contribution >= 4 is 19.8 Å². The number of quaternary nitrogens is 1. The Morgan fingerprint density at radius 2 is 0.600 bits per heavy atom. The summed E-state index contributed by atoms with van der Waals surface area (Å²) >= 11 is 0. The first kappa shape index (κ1) is 74.0. The third kappa shape index (κ3) is 62.1. The van der Waals surface area contributed by atoms with Crippen LogP contribution in [0.1, 0.15) is 354 Å². The number of esters is 2. The number of carbonyl (C=O) groups excluding carboxylic acids is 2. The van der Waals surface area contributed by atoms with Crippen LogP contribution in [0.15, 0.2) is 0 Å². The Morgan fingerprint density at radius 3 is 0.853 bits per heavy atom. The van der Waals surface area contributed by atoms with E-state index in [1.54, 1.807) is 0 Å². The van der Waals surface area contributed by atoms with Gasteiger partial charge in [-0.15, -0.1) is 0 Å². The SMILES string of the molecule is CCCCCCCCCCCCCCCCCCCCCCCCCCCCC(=O)OC(COC(=O)CCCCCCCCCCCCCCCCCCCCCCCCCCC)COP(=O)(O)OCC[N+](C)(C)C. The maximum absolute atomic E-state index is 12.9. The van der Waals surface area contributed by atoms with Crippen LogP contribution in [0, 0.1) is 0 Å². The molecule has 0 aromatic rings. The maximum Gasteiger partial charge on any atom is 0.472 e. The van der Waals surface area contributed by atoms with Gasteiger partial charge in [0, 0.05) is 12.8 Å². The monoisotopic (exact) mass is 1080 g/mol. The van der Waals surface area contributed by atoms with E-state index in [-0.39, 0.29) is 25.6 Å². The molecule has 448 valence electrons. The van der Waals surface area contributed by atoms with Crippen LogP contribution in [0.5, 0.6) is 0 Å². The van der Waals surface area contributed by atoms with Gasteiger partial charge in [0.15, 0.2) is 6.10 Å². The smallest absolute Gasteiger partial charge is 0.462 e. The predicted molar refractivity (Wildman–Crippen MR) is 322 cm³/mol. The molecule has 0 aliphatic rings. The van der Waals surface area contributed by atoms with Crippen molar-refractivity contribution in [2.45, 2.75) is 360 Å². The van der Waals surface area contributed by atoms with Crippen LogP contribution in [0.2, 0.25) is 0 Å². The van der Waals surface area contributed by atoms with E-state index in [4.69, 9.17) is 18.5 Å². The number of nitrogens with zero attached hydrogens (tertiary/aromatic N) is 1. The number of unbranched alkanes of at least 4 members (excludes halogenated alkanes) is 49. The number of hydrogen-bond acceptors (Lipinski definition) is 7. The Kier molecular flexibility index (Phi) is 56.9. The van der Waals surface area contributed by atoms with Gasteiger partial charge in [-0.05, 0) is 12.8 Å². The second-order valence-electron chi connectivity index (χ2n) is 24.2. The second kappa shape index (κ2) is 57.7. The number of ether oxygens (including phenoxy) is 2. The van der Waals surface area contributed by atoms with Crippen molar-refractivity contribution in [2.24, 2.45) is 0 Å². The van der Waals surface area contributed by atoms with Crippen LogP contribution in [0.4, 0.5) is 0 Å². The van der Waals surface area contributed by atoms with Gasteiger partial charge in [-0.3, -0.25) is 18.6 Å². The molecule has 0 aromatic heterocycles. The molecule has 0 spiro atoms. The van der Waals surface area contributed by atoms with Crippen LogP contribution >= 0.6 is 7.82 Å². The molecule has 1 N–H and O–H groups in total. The molecule has 0 bridgehead atoms. The first-order valence-corrected chi connectivity index (χ1v) is 34.8. The fourth-order valence-corrected chi connectivity index (χ4v) is 11.0. The number of rotatable bonds is 63. The van der Waals surface area contributed by atoms with Crippen LogP contribution in [-0.2, 0) is 32.7 Å². The molecule has 0 aromatic carbocycles. The van der Waals surface area contributed by atoms with E-state index >= 15 is 0 Å². The second-order valence-corrected chi connectivity index (χ2v) is 25.7. The van der Waals surface area contributed by atoms with E-state index in [2.05, 4.69) is 13.8 Å². The van der Waals surface area contributed by atoms with Crippen LogP contribution in [0.3, 0.4) is 0 Å². The quantitative estimate of drug-likeness (QED) is 0.0278. The average Bonchev–Trinajstić information content (AvgIpc) is 3.37. The molecule has 75 heavy (non-hydrogen) atoms. The standard InChI is InChI=1S/C65H130NO8P/c1-6-8-10-12-14-16-18-20-22-24-26-28-30-32-34-36-38-40-42-44-46-48-50-52-54-56-58-65(68)74-63(62-73-75(69,70)72-60-59-66(3,4)5)61-71-64(67)57-55-53-51-49-47-45-43-41-39-37-35-33-31-29-27-25-23-21-19-17-15-13-11-9-7-2/h63H,6-62H2,1-5H3/p+1. The van der Waals surface area contributed by atoms with Crippen LogP contribution < -0.4 is 0 Å². The molecular weight excluding hydrogens is 954 g/mol. The highest BCUT2D eigenvalue weighted by Crippen LogP contribution is 2.43. The molecule has 0 amide bonds. The molecule has 0 saturated heterocycles. The fourth-order valence-electron chi connectivity index (χ4n) is 10.3. The highest BCUT2D eigenvalue weighted by Gasteiger charge is 2.27. The minimum absolute atomic E-state index is 0.0376. The number of hydrogen-bond donors (Lipinski definition) is 1. The number of carbonyl (C=O) groups is 2. The third-order valence-corrected chi connectivity index (χ3v) is 16.4. The third-order valence-electron chi connectivity index (χ3n) is 15.4. The van der Waals surface area contributed by atoms with Crippen LogP contribution in [-0.4, -0.2) is 74.9 Å². The van der Waals surface area contributed by atoms with Crippen molar-refractivity contribution < 1.29 is 42.1 Å². The molecule has 0 heterocycles. The van der Waals surface area contributed by atoms with E-state index < -0.39 is 26.5 Å². The highest BCUT2D eigenvalue weighted by atomic mass is 31.2. The van der Waals surface area contributed by atoms with Gasteiger partial charge >= 0.3 is 19.8 Å². The summed E-state index contributed by atoms with van der Waals surface area (Å²) in [4.78, 5) is 35.8. The lowest BCUT2D eigenvalue weighted by atomic mass is 10.0. The lowest BCUT2D eigenvalue weighted by Crippen LogP contribution is -2.37. The molecule has 0 fully saturated rings. The predicted octanol–water partition coefficient (Wildman–Crippen LogP) is 21.0. The lowest BCUT2D eigenvalue weighted by molar-refractivity contribution is -0.870. The van der Waals surface area contributed by atoms with Gasteiger partial charge < -0.3 is 18.9 Å². The zero-order valence-electron chi connectivity index (χ0n) is 51.1. The lowest BCUT2D eigenvalue weighted by Gasteiger charge is -2.24.